The maximum Gasteiger partial charge on any atom is 0.306 e. The van der Waals surface area contributed by atoms with Gasteiger partial charge < -0.3 is 9.84 Å². The molecule has 1 N–H and O–H groups in total. The van der Waals surface area contributed by atoms with Crippen LogP contribution < -0.4 is 0 Å². The van der Waals surface area contributed by atoms with E-state index in [2.05, 4.69) is 34.6 Å². The molecule has 3 saturated carbocycles. The van der Waals surface area contributed by atoms with Crippen LogP contribution in [0, 0.1) is 34.0 Å². The third-order valence-electron chi connectivity index (χ3n) is 9.52. The van der Waals surface area contributed by atoms with Gasteiger partial charge in [-0.2, -0.15) is 0 Å². The minimum atomic E-state index is -0.256. The topological polar surface area (TPSA) is 46.5 Å². The summed E-state index contributed by atoms with van der Waals surface area (Å²) in [5.74, 6) is 1.77. The fraction of sp³-hybridized carbons (Fsp3) is 0.955. The molecule has 0 spiro atoms. The average Bonchev–Trinajstić information content (AvgIpc) is 3.05. The number of aliphatic hydroxyl groups excluding tert-OH is 1. The van der Waals surface area contributed by atoms with Gasteiger partial charge in [-0.25, -0.2) is 0 Å². The van der Waals surface area contributed by atoms with Crippen LogP contribution in [0.4, 0.5) is 0 Å². The Morgan fingerprint density at radius 3 is 2.08 bits per heavy atom. The van der Waals surface area contributed by atoms with Gasteiger partial charge in [0.15, 0.2) is 0 Å². The molecular formula is C22H36O3. The van der Waals surface area contributed by atoms with Crippen molar-refractivity contribution in [1.29, 1.82) is 0 Å². The van der Waals surface area contributed by atoms with Crippen LogP contribution in [0.2, 0.25) is 0 Å². The quantitative estimate of drug-likeness (QED) is 0.698. The normalized spacial score (nSPS) is 54.7. The Morgan fingerprint density at radius 1 is 0.840 bits per heavy atom. The van der Waals surface area contributed by atoms with E-state index in [-0.39, 0.29) is 28.5 Å². The molecule has 0 bridgehead atoms. The molecule has 1 heterocycles. The molecule has 3 aliphatic carbocycles. The smallest absolute Gasteiger partial charge is 0.306 e. The van der Waals surface area contributed by atoms with E-state index >= 15 is 0 Å². The number of carbonyl (C=O) groups is 1. The van der Waals surface area contributed by atoms with Crippen LogP contribution in [-0.4, -0.2) is 22.8 Å². The lowest BCUT2D eigenvalue weighted by Crippen LogP contribution is -2.59. The van der Waals surface area contributed by atoms with Crippen molar-refractivity contribution in [2.24, 2.45) is 34.0 Å². The van der Waals surface area contributed by atoms with Crippen molar-refractivity contribution in [2.45, 2.75) is 97.7 Å². The minimum absolute atomic E-state index is 0.00336. The molecule has 7 atom stereocenters. The van der Waals surface area contributed by atoms with Crippen molar-refractivity contribution in [1.82, 2.24) is 0 Å². The number of rotatable bonds is 1. The van der Waals surface area contributed by atoms with Crippen LogP contribution in [-0.2, 0) is 9.53 Å². The van der Waals surface area contributed by atoms with E-state index in [0.717, 1.165) is 19.3 Å². The summed E-state index contributed by atoms with van der Waals surface area (Å²) in [4.78, 5) is 11.8. The predicted octanol–water partition coefficient (Wildman–Crippen LogP) is 4.71. The standard InChI is InChI=1S/C22H36O3/c1-19(2)14-8-11-21(4)15(20(14,3)12-9-17(19)23)6-7-16(21)22(5)13-10-18(24)25-22/h14-17,23H,6-13H2,1-5H3/t14?,15?,16-,17-,20-,21+,22-/m0/s1. The lowest BCUT2D eigenvalue weighted by molar-refractivity contribution is -0.184. The molecule has 0 aromatic carbocycles. The molecule has 3 heteroatoms. The highest BCUT2D eigenvalue weighted by atomic mass is 16.6. The van der Waals surface area contributed by atoms with Crippen molar-refractivity contribution < 1.29 is 14.6 Å². The summed E-state index contributed by atoms with van der Waals surface area (Å²) < 4.78 is 5.89. The molecule has 142 valence electrons. The first kappa shape index (κ1) is 17.8. The summed E-state index contributed by atoms with van der Waals surface area (Å²) in [5.41, 5.74) is 0.329. The Balaban J connectivity index is 1.68. The highest BCUT2D eigenvalue weighted by Gasteiger charge is 2.66. The molecule has 4 fully saturated rings. The van der Waals surface area contributed by atoms with Gasteiger partial charge in [0, 0.05) is 12.3 Å². The average molecular weight is 349 g/mol. The molecule has 4 rings (SSSR count). The number of hydrogen-bond acceptors (Lipinski definition) is 3. The van der Waals surface area contributed by atoms with E-state index in [0.29, 0.717) is 29.6 Å². The Labute approximate surface area is 152 Å². The summed E-state index contributed by atoms with van der Waals surface area (Å²) in [7, 11) is 0. The molecule has 0 aromatic heterocycles. The second-order valence-electron chi connectivity index (χ2n) is 10.9. The maximum absolute atomic E-state index is 11.8. The lowest BCUT2D eigenvalue weighted by atomic mass is 9.42. The van der Waals surface area contributed by atoms with Crippen molar-refractivity contribution in [3.63, 3.8) is 0 Å². The molecule has 0 aromatic rings. The first-order chi connectivity index (χ1) is 11.5. The third-order valence-corrected chi connectivity index (χ3v) is 9.52. The summed E-state index contributed by atoms with van der Waals surface area (Å²) in [6.45, 7) is 11.8. The van der Waals surface area contributed by atoms with Crippen LogP contribution in [0.25, 0.3) is 0 Å². The third kappa shape index (κ3) is 2.23. The fourth-order valence-corrected chi connectivity index (χ4v) is 8.28. The van der Waals surface area contributed by atoms with Gasteiger partial charge >= 0.3 is 5.97 Å². The molecular weight excluding hydrogens is 312 g/mol. The van der Waals surface area contributed by atoms with Crippen LogP contribution in [0.5, 0.6) is 0 Å². The number of ether oxygens (including phenoxy) is 1. The van der Waals surface area contributed by atoms with Crippen LogP contribution >= 0.6 is 0 Å². The zero-order valence-corrected chi connectivity index (χ0v) is 16.7. The molecule has 4 aliphatic rings. The monoisotopic (exact) mass is 348 g/mol. The molecule has 3 nitrogen and oxygen atoms in total. The number of hydrogen-bond donors (Lipinski definition) is 1. The highest BCUT2D eigenvalue weighted by molar-refractivity contribution is 5.72. The zero-order chi connectivity index (χ0) is 18.3. The SMILES string of the molecule is CC1(C)C2CC[C@]3(C)C(CC[C@@H]3[C@]3(C)CCC(=O)O3)[C@@]2(C)CC[C@@H]1O. The van der Waals surface area contributed by atoms with E-state index < -0.39 is 0 Å². The Morgan fingerprint density at radius 2 is 1.44 bits per heavy atom. The predicted molar refractivity (Wildman–Crippen MR) is 97.9 cm³/mol. The Bertz CT molecular complexity index is 584. The molecule has 0 radical (unpaired) electrons. The van der Waals surface area contributed by atoms with Gasteiger partial charge in [-0.3, -0.25) is 4.79 Å². The second kappa shape index (κ2) is 5.24. The van der Waals surface area contributed by atoms with Crippen LogP contribution in [0.1, 0.15) is 86.0 Å². The van der Waals surface area contributed by atoms with Gasteiger partial charge in [0.05, 0.1) is 6.10 Å². The Hall–Kier alpha value is -0.570. The Kier molecular flexibility index (Phi) is 3.74. The van der Waals surface area contributed by atoms with Crippen molar-refractivity contribution in [2.75, 3.05) is 0 Å². The number of fused-ring (bicyclic) bond motifs is 3. The van der Waals surface area contributed by atoms with E-state index in [1.165, 1.54) is 25.7 Å². The zero-order valence-electron chi connectivity index (χ0n) is 16.7. The molecule has 1 aliphatic heterocycles. The van der Waals surface area contributed by atoms with Crippen LogP contribution in [0.15, 0.2) is 0 Å². The maximum atomic E-state index is 11.8. The first-order valence-electron chi connectivity index (χ1n) is 10.4. The van der Waals surface area contributed by atoms with Crippen molar-refractivity contribution in [3.8, 4) is 0 Å². The highest BCUT2D eigenvalue weighted by Crippen LogP contribution is 2.71. The molecule has 0 amide bonds. The summed E-state index contributed by atoms with van der Waals surface area (Å²) in [6, 6.07) is 0. The molecule has 25 heavy (non-hydrogen) atoms. The van der Waals surface area contributed by atoms with E-state index in [1.54, 1.807) is 0 Å². The largest absolute Gasteiger partial charge is 0.459 e. The van der Waals surface area contributed by atoms with Crippen molar-refractivity contribution >= 4 is 5.97 Å². The summed E-state index contributed by atoms with van der Waals surface area (Å²) in [5, 5.41) is 10.6. The van der Waals surface area contributed by atoms with Gasteiger partial charge in [0.25, 0.3) is 0 Å². The van der Waals surface area contributed by atoms with E-state index in [9.17, 15) is 9.90 Å². The molecule has 2 unspecified atom stereocenters. The van der Waals surface area contributed by atoms with Crippen molar-refractivity contribution in [3.05, 3.63) is 0 Å². The van der Waals surface area contributed by atoms with Gasteiger partial charge in [0.1, 0.15) is 5.60 Å². The van der Waals surface area contributed by atoms with Gasteiger partial charge in [-0.1, -0.05) is 27.7 Å². The number of aliphatic hydroxyl groups is 1. The lowest BCUT2D eigenvalue weighted by Gasteiger charge is -2.63. The molecule has 1 saturated heterocycles. The minimum Gasteiger partial charge on any atom is -0.459 e. The van der Waals surface area contributed by atoms with E-state index in [4.69, 9.17) is 4.74 Å². The second-order valence-corrected chi connectivity index (χ2v) is 10.9. The number of esters is 1. The summed E-state index contributed by atoms with van der Waals surface area (Å²) >= 11 is 0. The van der Waals surface area contributed by atoms with Gasteiger partial charge in [0.2, 0.25) is 0 Å². The number of carbonyl (C=O) groups excluding carboxylic acids is 1. The van der Waals surface area contributed by atoms with E-state index in [1.807, 2.05) is 0 Å². The first-order valence-corrected chi connectivity index (χ1v) is 10.4. The number of cyclic esters (lactones) is 1. The van der Waals surface area contributed by atoms with Gasteiger partial charge in [-0.15, -0.1) is 0 Å². The van der Waals surface area contributed by atoms with Gasteiger partial charge in [-0.05, 0) is 80.0 Å². The fourth-order valence-electron chi connectivity index (χ4n) is 8.28. The van der Waals surface area contributed by atoms with Crippen LogP contribution in [0.3, 0.4) is 0 Å². The summed E-state index contributed by atoms with van der Waals surface area (Å²) in [6.07, 6.45) is 8.26.